The van der Waals surface area contributed by atoms with Crippen LogP contribution in [0.3, 0.4) is 0 Å². The van der Waals surface area contributed by atoms with E-state index in [4.69, 9.17) is 5.73 Å². The monoisotopic (exact) mass is 247 g/mol. The summed E-state index contributed by atoms with van der Waals surface area (Å²) < 4.78 is 1.16. The van der Waals surface area contributed by atoms with Crippen molar-refractivity contribution in [3.05, 3.63) is 17.6 Å². The lowest BCUT2D eigenvalue weighted by atomic mass is 9.83. The predicted molar refractivity (Wildman–Crippen MR) is 74.5 cm³/mol. The van der Waals surface area contributed by atoms with E-state index in [0.29, 0.717) is 0 Å². The van der Waals surface area contributed by atoms with Crippen molar-refractivity contribution in [2.75, 3.05) is 17.6 Å². The van der Waals surface area contributed by atoms with Crippen LogP contribution in [0.5, 0.6) is 0 Å². The molecule has 0 unspecified atom stereocenters. The topological polar surface area (TPSA) is 50.9 Å². The Bertz CT molecular complexity index is 516. The fraction of sp³-hybridized carbons (Fsp3) is 0.462. The highest BCUT2D eigenvalue weighted by molar-refractivity contribution is 7.16. The molecule has 0 atom stereocenters. The first-order valence-corrected chi connectivity index (χ1v) is 7.08. The van der Waals surface area contributed by atoms with E-state index in [2.05, 4.69) is 22.4 Å². The van der Waals surface area contributed by atoms with E-state index in [1.165, 1.54) is 25.7 Å². The van der Waals surface area contributed by atoms with Gasteiger partial charge in [0.1, 0.15) is 5.52 Å². The van der Waals surface area contributed by atoms with E-state index in [-0.39, 0.29) is 0 Å². The van der Waals surface area contributed by atoms with Crippen LogP contribution < -0.4 is 11.1 Å². The fourth-order valence-electron chi connectivity index (χ4n) is 2.30. The van der Waals surface area contributed by atoms with Crippen molar-refractivity contribution in [2.45, 2.75) is 25.7 Å². The zero-order chi connectivity index (χ0) is 11.7. The van der Waals surface area contributed by atoms with Crippen molar-refractivity contribution in [1.82, 2.24) is 4.98 Å². The molecule has 3 rings (SSSR count). The van der Waals surface area contributed by atoms with Gasteiger partial charge in [-0.25, -0.2) is 4.98 Å². The number of aromatic nitrogens is 1. The normalized spacial score (nSPS) is 16.0. The average Bonchev–Trinajstić information content (AvgIpc) is 2.73. The summed E-state index contributed by atoms with van der Waals surface area (Å²) in [4.78, 5) is 4.30. The van der Waals surface area contributed by atoms with Crippen LogP contribution in [-0.2, 0) is 0 Å². The second-order valence-electron chi connectivity index (χ2n) is 4.74. The molecule has 1 aromatic heterocycles. The summed E-state index contributed by atoms with van der Waals surface area (Å²) in [7, 11) is 0. The minimum Gasteiger partial charge on any atom is -0.395 e. The molecule has 17 heavy (non-hydrogen) atoms. The maximum Gasteiger partial charge on any atom is 0.106 e. The van der Waals surface area contributed by atoms with Crippen LogP contribution in [0.25, 0.3) is 10.2 Å². The van der Waals surface area contributed by atoms with Gasteiger partial charge in [-0.15, -0.1) is 11.3 Å². The number of anilines is 2. The van der Waals surface area contributed by atoms with Crippen LogP contribution in [0, 0.1) is 5.92 Å². The number of fused-ring (bicyclic) bond motifs is 1. The lowest BCUT2D eigenvalue weighted by Gasteiger charge is -2.25. The molecule has 1 aliphatic carbocycles. The molecule has 0 radical (unpaired) electrons. The van der Waals surface area contributed by atoms with E-state index >= 15 is 0 Å². The summed E-state index contributed by atoms with van der Waals surface area (Å²) in [6.45, 7) is 1.02. The number of hydrogen-bond donors (Lipinski definition) is 2. The van der Waals surface area contributed by atoms with Gasteiger partial charge in [0.05, 0.1) is 21.6 Å². The van der Waals surface area contributed by atoms with Crippen molar-refractivity contribution in [2.24, 2.45) is 5.92 Å². The van der Waals surface area contributed by atoms with Gasteiger partial charge in [-0.05, 0) is 24.5 Å². The number of thiazole rings is 1. The van der Waals surface area contributed by atoms with Crippen LogP contribution in [0.15, 0.2) is 17.6 Å². The number of nitrogens with two attached hydrogens (primary N) is 1. The highest BCUT2D eigenvalue weighted by Crippen LogP contribution is 2.31. The number of hydrogen-bond acceptors (Lipinski definition) is 4. The summed E-state index contributed by atoms with van der Waals surface area (Å²) in [5.74, 6) is 0.937. The Morgan fingerprint density at radius 1 is 1.41 bits per heavy atom. The predicted octanol–water partition coefficient (Wildman–Crippen LogP) is 3.48. The van der Waals surface area contributed by atoms with Crippen LogP contribution >= 0.6 is 11.3 Å². The molecule has 0 spiro atoms. The number of benzene rings is 1. The molecular weight excluding hydrogens is 230 g/mol. The van der Waals surface area contributed by atoms with Gasteiger partial charge in [0.25, 0.3) is 0 Å². The first kappa shape index (κ1) is 10.8. The summed E-state index contributed by atoms with van der Waals surface area (Å²) in [6.07, 6.45) is 5.48. The van der Waals surface area contributed by atoms with Gasteiger partial charge in [0.15, 0.2) is 0 Å². The Morgan fingerprint density at radius 2 is 2.29 bits per heavy atom. The van der Waals surface area contributed by atoms with Crippen LogP contribution in [-0.4, -0.2) is 11.5 Å². The third-order valence-corrected chi connectivity index (χ3v) is 4.43. The molecular formula is C13H17N3S. The van der Waals surface area contributed by atoms with Gasteiger partial charge in [0.2, 0.25) is 0 Å². The van der Waals surface area contributed by atoms with Crippen LogP contribution in [0.2, 0.25) is 0 Å². The fourth-order valence-corrected chi connectivity index (χ4v) is 2.99. The lowest BCUT2D eigenvalue weighted by Crippen LogP contribution is -2.16. The van der Waals surface area contributed by atoms with Crippen LogP contribution in [0.1, 0.15) is 25.7 Å². The van der Waals surface area contributed by atoms with Gasteiger partial charge in [-0.1, -0.05) is 19.3 Å². The van der Waals surface area contributed by atoms with Crippen molar-refractivity contribution >= 4 is 32.9 Å². The second kappa shape index (κ2) is 4.53. The molecule has 1 saturated carbocycles. The third kappa shape index (κ3) is 2.09. The Labute approximate surface area is 105 Å². The van der Waals surface area contributed by atoms with Crippen LogP contribution in [0.4, 0.5) is 11.4 Å². The molecule has 1 aliphatic rings. The molecule has 1 aromatic carbocycles. The van der Waals surface area contributed by atoms with Crippen molar-refractivity contribution < 1.29 is 0 Å². The Kier molecular flexibility index (Phi) is 2.89. The summed E-state index contributed by atoms with van der Waals surface area (Å²) in [6, 6.07) is 4.16. The average molecular weight is 247 g/mol. The quantitative estimate of drug-likeness (QED) is 0.813. The Balaban J connectivity index is 1.68. The maximum atomic E-state index is 6.11. The molecule has 3 nitrogen and oxygen atoms in total. The van der Waals surface area contributed by atoms with Crippen molar-refractivity contribution in [1.29, 1.82) is 0 Å². The molecule has 1 fully saturated rings. The minimum absolute atomic E-state index is 0.789. The summed E-state index contributed by atoms with van der Waals surface area (Å²) in [5, 5.41) is 3.43. The van der Waals surface area contributed by atoms with Crippen molar-refractivity contribution in [3.8, 4) is 0 Å². The smallest absolute Gasteiger partial charge is 0.106 e. The highest BCUT2D eigenvalue weighted by Gasteiger charge is 2.16. The van der Waals surface area contributed by atoms with E-state index in [9.17, 15) is 0 Å². The molecule has 1 heterocycles. The van der Waals surface area contributed by atoms with Crippen molar-refractivity contribution in [3.63, 3.8) is 0 Å². The molecule has 2 aromatic rings. The molecule has 0 aliphatic heterocycles. The van der Waals surface area contributed by atoms with Gasteiger partial charge >= 0.3 is 0 Å². The molecule has 3 N–H and O–H groups in total. The molecule has 90 valence electrons. The Hall–Kier alpha value is -1.29. The lowest BCUT2D eigenvalue weighted by molar-refractivity contribution is 0.303. The standard InChI is InChI=1S/C13H17N3S/c14-12-10(15-7-6-9-2-1-3-9)4-5-11-13(12)16-8-17-11/h4-5,8-9,15H,1-3,6-7,14H2. The Morgan fingerprint density at radius 3 is 3.06 bits per heavy atom. The number of nitrogen functional groups attached to an aromatic ring is 1. The molecule has 4 heteroatoms. The third-order valence-electron chi connectivity index (χ3n) is 3.63. The zero-order valence-corrected chi connectivity index (χ0v) is 10.6. The van der Waals surface area contributed by atoms with E-state index in [1.807, 2.05) is 5.51 Å². The SMILES string of the molecule is Nc1c(NCCC2CCC2)ccc2scnc12. The molecule has 0 amide bonds. The van der Waals surface area contributed by atoms with Gasteiger partial charge in [-0.3, -0.25) is 0 Å². The van der Waals surface area contributed by atoms with Gasteiger partial charge in [0, 0.05) is 6.54 Å². The molecule has 0 bridgehead atoms. The van der Waals surface area contributed by atoms with E-state index in [1.54, 1.807) is 11.3 Å². The first-order chi connectivity index (χ1) is 8.34. The zero-order valence-electron chi connectivity index (χ0n) is 9.78. The van der Waals surface area contributed by atoms with E-state index in [0.717, 1.165) is 34.1 Å². The summed E-state index contributed by atoms with van der Waals surface area (Å²) in [5.41, 5.74) is 10.7. The molecule has 0 saturated heterocycles. The van der Waals surface area contributed by atoms with E-state index < -0.39 is 0 Å². The second-order valence-corrected chi connectivity index (χ2v) is 5.62. The van der Waals surface area contributed by atoms with Gasteiger partial charge in [-0.2, -0.15) is 0 Å². The highest BCUT2D eigenvalue weighted by atomic mass is 32.1. The van der Waals surface area contributed by atoms with Gasteiger partial charge < -0.3 is 11.1 Å². The minimum atomic E-state index is 0.789. The number of nitrogens with one attached hydrogen (secondary N) is 1. The first-order valence-electron chi connectivity index (χ1n) is 6.20. The number of nitrogens with zero attached hydrogens (tertiary/aromatic N) is 1. The number of rotatable bonds is 4. The summed E-state index contributed by atoms with van der Waals surface area (Å²) >= 11 is 1.63. The maximum absolute atomic E-state index is 6.11. The largest absolute Gasteiger partial charge is 0.395 e.